The molecular weight excluding hydrogens is 200 g/mol. The molecule has 0 aromatic heterocycles. The first-order valence-electron chi connectivity index (χ1n) is 6.00. The van der Waals surface area contributed by atoms with Crippen molar-refractivity contribution >= 4 is 0 Å². The van der Waals surface area contributed by atoms with Gasteiger partial charge in [0.1, 0.15) is 0 Å². The van der Waals surface area contributed by atoms with E-state index < -0.39 is 0 Å². The normalized spacial score (nSPS) is 33.5. The highest BCUT2D eigenvalue weighted by Gasteiger charge is 2.61. The van der Waals surface area contributed by atoms with Crippen LogP contribution in [0.3, 0.4) is 0 Å². The fourth-order valence-electron chi connectivity index (χ4n) is 3.90. The van der Waals surface area contributed by atoms with Crippen LogP contribution in [0, 0.1) is 5.41 Å². The fourth-order valence-corrected chi connectivity index (χ4v) is 3.90. The first-order chi connectivity index (χ1) is 7.88. The van der Waals surface area contributed by atoms with Crippen LogP contribution in [0.4, 0.5) is 0 Å². The summed E-state index contributed by atoms with van der Waals surface area (Å²) in [4.78, 5) is 0. The summed E-state index contributed by atoms with van der Waals surface area (Å²) >= 11 is 0. The predicted octanol–water partition coefficient (Wildman–Crippen LogP) is 2.95. The minimum atomic E-state index is 0.381. The molecule has 1 aliphatic heterocycles. The van der Waals surface area contributed by atoms with Crippen molar-refractivity contribution in [3.8, 4) is 11.5 Å². The van der Waals surface area contributed by atoms with Gasteiger partial charge in [-0.25, -0.2) is 0 Å². The van der Waals surface area contributed by atoms with Gasteiger partial charge in [-0.15, -0.1) is 0 Å². The van der Waals surface area contributed by atoms with Crippen LogP contribution in [0.25, 0.3) is 0 Å². The maximum atomic E-state index is 5.47. The molecule has 1 aromatic carbocycles. The largest absolute Gasteiger partial charge is 0.454 e. The Morgan fingerprint density at radius 1 is 0.938 bits per heavy atom. The van der Waals surface area contributed by atoms with Crippen molar-refractivity contribution in [2.75, 3.05) is 6.79 Å². The van der Waals surface area contributed by atoms with Crippen molar-refractivity contribution in [2.45, 2.75) is 24.7 Å². The van der Waals surface area contributed by atoms with Gasteiger partial charge < -0.3 is 9.47 Å². The molecule has 1 spiro atoms. The first-order valence-corrected chi connectivity index (χ1v) is 6.00. The van der Waals surface area contributed by atoms with E-state index in [4.69, 9.17) is 9.47 Å². The first kappa shape index (κ1) is 7.77. The molecule has 3 aliphatic carbocycles. The standard InChI is InChI=1S/C14H12O2/c1-2-11-9-6-13-12(15-7-16-13)5-8(9)10(1)14(11)3-4-14/h1-2,5-6,10-11H,3-4,7H2. The van der Waals surface area contributed by atoms with Crippen molar-refractivity contribution in [3.05, 3.63) is 35.4 Å². The van der Waals surface area contributed by atoms with Crippen molar-refractivity contribution in [3.63, 3.8) is 0 Å². The van der Waals surface area contributed by atoms with Gasteiger partial charge in [0, 0.05) is 11.8 Å². The minimum absolute atomic E-state index is 0.381. The zero-order valence-corrected chi connectivity index (χ0v) is 8.90. The van der Waals surface area contributed by atoms with E-state index in [0.717, 1.165) is 11.5 Å². The van der Waals surface area contributed by atoms with Gasteiger partial charge in [0.25, 0.3) is 0 Å². The molecule has 16 heavy (non-hydrogen) atoms. The Kier molecular flexibility index (Phi) is 1.04. The van der Waals surface area contributed by atoms with E-state index in [1.807, 2.05) is 0 Å². The molecule has 2 nitrogen and oxygen atoms in total. The summed E-state index contributed by atoms with van der Waals surface area (Å²) in [6, 6.07) is 4.43. The van der Waals surface area contributed by atoms with Crippen molar-refractivity contribution in [1.82, 2.24) is 0 Å². The molecule has 80 valence electrons. The van der Waals surface area contributed by atoms with E-state index >= 15 is 0 Å². The van der Waals surface area contributed by atoms with Crippen molar-refractivity contribution < 1.29 is 9.47 Å². The maximum Gasteiger partial charge on any atom is 0.231 e. The molecule has 0 N–H and O–H groups in total. The topological polar surface area (TPSA) is 18.5 Å². The van der Waals surface area contributed by atoms with E-state index in [-0.39, 0.29) is 0 Å². The SMILES string of the molecule is C1=CC2c3cc4c(cc3C1C21CC1)OCO4. The van der Waals surface area contributed by atoms with Crippen molar-refractivity contribution in [1.29, 1.82) is 0 Å². The average molecular weight is 212 g/mol. The van der Waals surface area contributed by atoms with E-state index in [1.165, 1.54) is 24.0 Å². The van der Waals surface area contributed by atoms with Crippen LogP contribution >= 0.6 is 0 Å². The van der Waals surface area contributed by atoms with Crippen LogP contribution in [-0.4, -0.2) is 6.79 Å². The summed E-state index contributed by atoms with van der Waals surface area (Å²) in [6.45, 7) is 0.381. The molecule has 1 fully saturated rings. The highest BCUT2D eigenvalue weighted by Crippen LogP contribution is 2.73. The lowest BCUT2D eigenvalue weighted by atomic mass is 9.90. The molecule has 2 heteroatoms. The molecule has 1 aromatic rings. The Bertz CT molecular complexity index is 497. The molecule has 0 saturated heterocycles. The Labute approximate surface area is 93.9 Å². The monoisotopic (exact) mass is 212 g/mol. The second kappa shape index (κ2) is 2.15. The zero-order chi connectivity index (χ0) is 10.3. The van der Waals surface area contributed by atoms with Gasteiger partial charge >= 0.3 is 0 Å². The van der Waals surface area contributed by atoms with E-state index in [9.17, 15) is 0 Å². The Morgan fingerprint density at radius 3 is 2.00 bits per heavy atom. The number of ether oxygens (including phenoxy) is 2. The van der Waals surface area contributed by atoms with Gasteiger partial charge in [-0.05, 0) is 41.5 Å². The van der Waals surface area contributed by atoms with Crippen LogP contribution < -0.4 is 9.47 Å². The summed E-state index contributed by atoms with van der Waals surface area (Å²) in [5.74, 6) is 3.19. The lowest BCUT2D eigenvalue weighted by Gasteiger charge is -2.12. The number of rotatable bonds is 0. The summed E-state index contributed by atoms with van der Waals surface area (Å²) < 4.78 is 10.9. The molecule has 2 bridgehead atoms. The third-order valence-electron chi connectivity index (χ3n) is 4.81. The molecule has 2 atom stereocenters. The maximum absolute atomic E-state index is 5.47. The molecule has 1 saturated carbocycles. The molecule has 4 aliphatic rings. The second-order valence-corrected chi connectivity index (χ2v) is 5.41. The Hall–Kier alpha value is -1.44. The van der Waals surface area contributed by atoms with Crippen LogP contribution in [0.5, 0.6) is 11.5 Å². The predicted molar refractivity (Wildman–Crippen MR) is 58.9 cm³/mol. The number of fused-ring (bicyclic) bond motifs is 4. The minimum Gasteiger partial charge on any atom is -0.454 e. The van der Waals surface area contributed by atoms with Gasteiger partial charge in [0.05, 0.1) is 0 Å². The number of hydrogen-bond acceptors (Lipinski definition) is 2. The van der Waals surface area contributed by atoms with Gasteiger partial charge in [-0.3, -0.25) is 0 Å². The molecule has 1 heterocycles. The number of allylic oxidation sites excluding steroid dienone is 2. The van der Waals surface area contributed by atoms with Gasteiger partial charge in [-0.1, -0.05) is 12.2 Å². The van der Waals surface area contributed by atoms with Gasteiger partial charge in [0.15, 0.2) is 11.5 Å². The molecule has 5 rings (SSSR count). The fraction of sp³-hybridized carbons (Fsp3) is 0.429. The smallest absolute Gasteiger partial charge is 0.231 e. The van der Waals surface area contributed by atoms with E-state index in [1.54, 1.807) is 0 Å². The van der Waals surface area contributed by atoms with Crippen molar-refractivity contribution in [2.24, 2.45) is 5.41 Å². The van der Waals surface area contributed by atoms with Crippen LogP contribution in [0.2, 0.25) is 0 Å². The summed E-state index contributed by atoms with van der Waals surface area (Å²) in [5.41, 5.74) is 3.56. The number of hydrogen-bond donors (Lipinski definition) is 0. The molecule has 0 radical (unpaired) electrons. The van der Waals surface area contributed by atoms with Gasteiger partial charge in [0.2, 0.25) is 6.79 Å². The molecule has 2 unspecified atom stereocenters. The average Bonchev–Trinajstić information content (AvgIpc) is 2.72. The van der Waals surface area contributed by atoms with Crippen LogP contribution in [-0.2, 0) is 0 Å². The lowest BCUT2D eigenvalue weighted by molar-refractivity contribution is 0.174. The lowest BCUT2D eigenvalue weighted by Crippen LogP contribution is -2.03. The Morgan fingerprint density at radius 2 is 1.50 bits per heavy atom. The van der Waals surface area contributed by atoms with Gasteiger partial charge in [-0.2, -0.15) is 0 Å². The highest BCUT2D eigenvalue weighted by molar-refractivity contribution is 5.60. The quantitative estimate of drug-likeness (QED) is 0.615. The zero-order valence-electron chi connectivity index (χ0n) is 8.90. The third-order valence-corrected chi connectivity index (χ3v) is 4.81. The summed E-state index contributed by atoms with van der Waals surface area (Å²) in [6.07, 6.45) is 7.58. The van der Waals surface area contributed by atoms with Crippen LogP contribution in [0.1, 0.15) is 35.8 Å². The highest BCUT2D eigenvalue weighted by atomic mass is 16.7. The summed E-state index contributed by atoms with van der Waals surface area (Å²) in [7, 11) is 0. The van der Waals surface area contributed by atoms with Crippen LogP contribution in [0.15, 0.2) is 24.3 Å². The van der Waals surface area contributed by atoms with E-state index in [0.29, 0.717) is 24.0 Å². The molecule has 0 amide bonds. The van der Waals surface area contributed by atoms with E-state index in [2.05, 4.69) is 24.3 Å². The molecular formula is C14H12O2. The third kappa shape index (κ3) is 0.657. The second-order valence-electron chi connectivity index (χ2n) is 5.41. The number of benzene rings is 1. The summed E-state index contributed by atoms with van der Waals surface area (Å²) in [5, 5.41) is 0. The Balaban J connectivity index is 1.78.